The van der Waals surface area contributed by atoms with Crippen molar-refractivity contribution < 1.29 is 12.6 Å². The fourth-order valence-corrected chi connectivity index (χ4v) is 4.98. The Morgan fingerprint density at radius 2 is 2.11 bits per heavy atom. The molecule has 1 aliphatic carbocycles. The van der Waals surface area contributed by atoms with Crippen molar-refractivity contribution in [1.82, 2.24) is 24.6 Å². The lowest BCUT2D eigenvalue weighted by Crippen LogP contribution is -2.27. The number of hydrogen-bond acceptors (Lipinski definition) is 7. The first kappa shape index (κ1) is 24.4. The van der Waals surface area contributed by atoms with Crippen molar-refractivity contribution >= 4 is 45.8 Å². The van der Waals surface area contributed by atoms with Crippen molar-refractivity contribution in [2.45, 2.75) is 25.3 Å². The third kappa shape index (κ3) is 5.00. The zero-order valence-electron chi connectivity index (χ0n) is 19.8. The molecule has 186 valence electrons. The van der Waals surface area contributed by atoms with E-state index in [1.165, 1.54) is 6.33 Å². The number of halogens is 1. The smallest absolute Gasteiger partial charge is 0.246 e. The maximum absolute atomic E-state index is 12.6. The van der Waals surface area contributed by atoms with Crippen LogP contribution < -0.4 is 10.5 Å². The number of aromatic nitrogens is 4. The Labute approximate surface area is 223 Å². The van der Waals surface area contributed by atoms with E-state index in [1.807, 2.05) is 46.0 Å². The van der Waals surface area contributed by atoms with E-state index >= 15 is 0 Å². The van der Waals surface area contributed by atoms with Crippen LogP contribution >= 0.6 is 23.0 Å². The predicted molar refractivity (Wildman–Crippen MR) is 145 cm³/mol. The van der Waals surface area contributed by atoms with Crippen LogP contribution in [0.1, 0.15) is 31.0 Å². The van der Waals surface area contributed by atoms with Crippen LogP contribution in [0, 0.1) is 5.92 Å². The lowest BCUT2D eigenvalue weighted by molar-refractivity contribution is -0.125. The van der Waals surface area contributed by atoms with Crippen molar-refractivity contribution in [2.75, 3.05) is 25.4 Å². The summed E-state index contributed by atoms with van der Waals surface area (Å²) in [5.41, 5.74) is 7.87. The van der Waals surface area contributed by atoms with Gasteiger partial charge in [0, 0.05) is 25.1 Å². The van der Waals surface area contributed by atoms with Crippen molar-refractivity contribution in [3.63, 3.8) is 0 Å². The van der Waals surface area contributed by atoms with E-state index in [-0.39, 0.29) is 23.8 Å². The highest BCUT2D eigenvalue weighted by Gasteiger charge is 2.32. The van der Waals surface area contributed by atoms with Crippen molar-refractivity contribution in [3.05, 3.63) is 78.5 Å². The Morgan fingerprint density at radius 1 is 1.28 bits per heavy atom. The number of benzene rings is 1. The first-order valence-corrected chi connectivity index (χ1v) is 12.7. The minimum atomic E-state index is -0.0308. The summed E-state index contributed by atoms with van der Waals surface area (Å²) < 4.78 is 12.9. The second-order valence-corrected chi connectivity index (χ2v) is 9.54. The van der Waals surface area contributed by atoms with Gasteiger partial charge >= 0.3 is 0 Å². The fourth-order valence-electron chi connectivity index (χ4n) is 4.77. The number of carbonyl (C=O) groups is 1. The lowest BCUT2D eigenvalue weighted by Gasteiger charge is -2.22. The van der Waals surface area contributed by atoms with Crippen LogP contribution in [-0.4, -0.2) is 50.3 Å². The number of carbonyl (C=O) groups excluding carboxylic acids is 1. The highest BCUT2D eigenvalue weighted by atomic mass is 127. The molecule has 5 rings (SSSR count). The number of anilines is 1. The Hall–Kier alpha value is -3.25. The van der Waals surface area contributed by atoms with Gasteiger partial charge in [-0.1, -0.05) is 37.3 Å². The molecule has 3 aromatic rings. The van der Waals surface area contributed by atoms with Gasteiger partial charge in [0.05, 0.1) is 23.7 Å². The Morgan fingerprint density at radius 3 is 2.89 bits per heavy atom. The minimum Gasteiger partial charge on any atom is -0.458 e. The van der Waals surface area contributed by atoms with Crippen LogP contribution in [0.4, 0.5) is 5.82 Å². The van der Waals surface area contributed by atoms with Crippen LogP contribution in [0.2, 0.25) is 0 Å². The molecule has 0 bridgehead atoms. The monoisotopic (exact) mass is 598 g/mol. The van der Waals surface area contributed by atoms with Crippen LogP contribution in [0.15, 0.2) is 72.8 Å². The number of para-hydroxylation sites is 1. The average molecular weight is 598 g/mol. The van der Waals surface area contributed by atoms with E-state index < -0.39 is 0 Å². The molecule has 1 aliphatic heterocycles. The Bertz CT molecular complexity index is 1340. The standard InChI is InChI=1S/C26H27IN6O3/c1-17-14-20(36-19-6-3-2-4-7-19)9-10-21(17)24-23-25(28)29-16-30-26(23)33(31-24)18-11-12-32(15-18)22(34)8-5-13-35-27/h2-10,14,16-18,21H,11-13,15H2,1H3,(H2,28,29,30)/b8-5+. The third-order valence-electron chi connectivity index (χ3n) is 6.54. The number of allylic oxidation sites excluding steroid dienone is 3. The van der Waals surface area contributed by atoms with Crippen LogP contribution in [0.5, 0.6) is 5.75 Å². The van der Waals surface area contributed by atoms with E-state index in [4.69, 9.17) is 18.6 Å². The molecule has 0 saturated carbocycles. The number of rotatable bonds is 7. The van der Waals surface area contributed by atoms with Gasteiger partial charge in [-0.05, 0) is 36.6 Å². The number of amides is 1. The molecule has 36 heavy (non-hydrogen) atoms. The molecule has 3 heterocycles. The number of fused-ring (bicyclic) bond motifs is 1. The number of ether oxygens (including phenoxy) is 1. The summed E-state index contributed by atoms with van der Waals surface area (Å²) in [6, 6.07) is 9.72. The number of nitrogens with two attached hydrogens (primary N) is 1. The SMILES string of the molecule is CC1C=C(Oc2ccccc2)C=CC1c1nn(C2CCN(C(=O)/C=C/COI)C2)c2ncnc(N)c12. The molecule has 0 spiro atoms. The highest BCUT2D eigenvalue weighted by Crippen LogP contribution is 2.38. The minimum absolute atomic E-state index is 0.00381. The van der Waals surface area contributed by atoms with Crippen LogP contribution in [-0.2, 0) is 7.86 Å². The number of likely N-dealkylation sites (tertiary alicyclic amines) is 1. The van der Waals surface area contributed by atoms with E-state index in [1.54, 1.807) is 35.2 Å². The Kier molecular flexibility index (Phi) is 7.33. The topological polar surface area (TPSA) is 108 Å². The van der Waals surface area contributed by atoms with E-state index in [0.717, 1.165) is 29.0 Å². The first-order chi connectivity index (χ1) is 17.5. The zero-order chi connectivity index (χ0) is 25.1. The first-order valence-electron chi connectivity index (χ1n) is 11.9. The molecule has 1 amide bonds. The summed E-state index contributed by atoms with van der Waals surface area (Å²) in [5, 5.41) is 5.79. The summed E-state index contributed by atoms with van der Waals surface area (Å²) in [7, 11) is 0. The van der Waals surface area contributed by atoms with Crippen LogP contribution in [0.25, 0.3) is 11.0 Å². The molecule has 0 radical (unpaired) electrons. The molecule has 1 aromatic carbocycles. The second-order valence-electron chi connectivity index (χ2n) is 8.92. The number of nitrogens with zero attached hydrogens (tertiary/aromatic N) is 5. The van der Waals surface area contributed by atoms with Gasteiger partial charge in [-0.2, -0.15) is 5.10 Å². The molecule has 2 aromatic heterocycles. The Balaban J connectivity index is 1.40. The van der Waals surface area contributed by atoms with Gasteiger partial charge in [0.25, 0.3) is 0 Å². The summed E-state index contributed by atoms with van der Waals surface area (Å²) >= 11 is 1.81. The number of nitrogen functional groups attached to an aromatic ring is 1. The van der Waals surface area contributed by atoms with Gasteiger partial charge in [0.2, 0.25) is 5.91 Å². The largest absolute Gasteiger partial charge is 0.458 e. The van der Waals surface area contributed by atoms with Gasteiger partial charge < -0.3 is 18.4 Å². The molecule has 9 nitrogen and oxygen atoms in total. The molecule has 3 atom stereocenters. The maximum Gasteiger partial charge on any atom is 0.246 e. The normalized spacial score (nSPS) is 21.9. The molecular weight excluding hydrogens is 571 g/mol. The maximum atomic E-state index is 12.6. The van der Waals surface area contributed by atoms with Gasteiger partial charge in [0.1, 0.15) is 46.7 Å². The molecule has 1 saturated heterocycles. The van der Waals surface area contributed by atoms with Gasteiger partial charge in [-0.25, -0.2) is 14.6 Å². The molecule has 2 aliphatic rings. The molecule has 3 unspecified atom stereocenters. The quantitative estimate of drug-likeness (QED) is 0.318. The second kappa shape index (κ2) is 10.8. The van der Waals surface area contributed by atoms with Crippen molar-refractivity contribution in [2.24, 2.45) is 5.92 Å². The summed E-state index contributed by atoms with van der Waals surface area (Å²) in [6.07, 6.45) is 11.7. The lowest BCUT2D eigenvalue weighted by atomic mass is 9.86. The molecule has 2 N–H and O–H groups in total. The number of hydrogen-bond donors (Lipinski definition) is 1. The third-order valence-corrected chi connectivity index (χ3v) is 6.90. The van der Waals surface area contributed by atoms with Gasteiger partial charge in [-0.15, -0.1) is 0 Å². The van der Waals surface area contributed by atoms with E-state index in [2.05, 4.69) is 29.0 Å². The predicted octanol–water partition coefficient (Wildman–Crippen LogP) is 4.36. The van der Waals surface area contributed by atoms with Gasteiger partial charge in [-0.3, -0.25) is 4.79 Å². The van der Waals surface area contributed by atoms with Crippen molar-refractivity contribution in [1.29, 1.82) is 0 Å². The highest BCUT2D eigenvalue weighted by molar-refractivity contribution is 14.1. The fraction of sp³-hybridized carbons (Fsp3) is 0.308. The van der Waals surface area contributed by atoms with Crippen LogP contribution in [0.3, 0.4) is 0 Å². The van der Waals surface area contributed by atoms with Gasteiger partial charge in [0.15, 0.2) is 5.65 Å². The van der Waals surface area contributed by atoms with E-state index in [9.17, 15) is 4.79 Å². The van der Waals surface area contributed by atoms with Crippen molar-refractivity contribution in [3.8, 4) is 5.75 Å². The zero-order valence-corrected chi connectivity index (χ0v) is 22.0. The summed E-state index contributed by atoms with van der Waals surface area (Å²) in [6.45, 7) is 3.74. The summed E-state index contributed by atoms with van der Waals surface area (Å²) in [4.78, 5) is 23.2. The molecule has 10 heteroatoms. The summed E-state index contributed by atoms with van der Waals surface area (Å²) in [5.74, 6) is 2.07. The molecule has 1 fully saturated rings. The van der Waals surface area contributed by atoms with E-state index in [0.29, 0.717) is 31.2 Å². The molecular formula is C26H27IN6O3. The average Bonchev–Trinajstić information content (AvgIpc) is 3.51.